The molecule has 2 amide bonds. The maximum absolute atomic E-state index is 12.7. The van der Waals surface area contributed by atoms with Crippen molar-refractivity contribution < 1.29 is 19.4 Å². The van der Waals surface area contributed by atoms with Crippen molar-refractivity contribution in [1.29, 1.82) is 0 Å². The molecule has 1 heterocycles. The fourth-order valence-electron chi connectivity index (χ4n) is 2.65. The van der Waals surface area contributed by atoms with Crippen molar-refractivity contribution in [3.8, 4) is 0 Å². The lowest BCUT2D eigenvalue weighted by Crippen LogP contribution is -2.52. The highest BCUT2D eigenvalue weighted by molar-refractivity contribution is 5.77. The van der Waals surface area contributed by atoms with Gasteiger partial charge in [-0.2, -0.15) is 0 Å². The van der Waals surface area contributed by atoms with Crippen molar-refractivity contribution in [2.24, 2.45) is 5.92 Å². The third-order valence-corrected chi connectivity index (χ3v) is 3.91. The second-order valence-corrected chi connectivity index (χ2v) is 5.46. The van der Waals surface area contributed by atoms with Gasteiger partial charge in [0, 0.05) is 19.6 Å². The lowest BCUT2D eigenvalue weighted by Gasteiger charge is -2.35. The van der Waals surface area contributed by atoms with Crippen LogP contribution in [-0.2, 0) is 9.53 Å². The van der Waals surface area contributed by atoms with E-state index in [0.29, 0.717) is 19.7 Å². The molecular formula is C15H28N2O4. The number of carbonyl (C=O) groups is 2. The molecule has 122 valence electrons. The third kappa shape index (κ3) is 4.59. The van der Waals surface area contributed by atoms with Gasteiger partial charge in [0.1, 0.15) is 5.92 Å². The lowest BCUT2D eigenvalue weighted by atomic mass is 10.0. The molecule has 1 aliphatic rings. The van der Waals surface area contributed by atoms with Crippen LogP contribution in [0.3, 0.4) is 0 Å². The smallest absolute Gasteiger partial charge is 0.320 e. The molecule has 0 radical (unpaired) electrons. The Labute approximate surface area is 127 Å². The van der Waals surface area contributed by atoms with Gasteiger partial charge in [0.05, 0.1) is 19.3 Å². The second-order valence-electron chi connectivity index (χ2n) is 5.46. The Kier molecular flexibility index (Phi) is 7.50. The molecule has 21 heavy (non-hydrogen) atoms. The summed E-state index contributed by atoms with van der Waals surface area (Å²) in [6.45, 7) is 8.47. The Hall–Kier alpha value is -1.30. The Morgan fingerprint density at radius 1 is 1.14 bits per heavy atom. The van der Waals surface area contributed by atoms with E-state index in [9.17, 15) is 14.7 Å². The number of carboxylic acids is 1. The van der Waals surface area contributed by atoms with E-state index in [-0.39, 0.29) is 18.7 Å². The quantitative estimate of drug-likeness (QED) is 0.744. The molecule has 6 nitrogen and oxygen atoms in total. The first-order chi connectivity index (χ1) is 10.1. The molecule has 0 aromatic rings. The Morgan fingerprint density at radius 2 is 1.86 bits per heavy atom. The first-order valence-corrected chi connectivity index (χ1v) is 7.92. The molecule has 0 saturated carbocycles. The highest BCUT2D eigenvalue weighted by atomic mass is 16.5. The number of urea groups is 1. The zero-order valence-corrected chi connectivity index (χ0v) is 13.4. The molecule has 1 fully saturated rings. The fraction of sp³-hybridized carbons (Fsp3) is 0.867. The summed E-state index contributed by atoms with van der Waals surface area (Å²) >= 11 is 0. The summed E-state index contributed by atoms with van der Waals surface area (Å²) in [5.41, 5.74) is 0. The van der Waals surface area contributed by atoms with Gasteiger partial charge < -0.3 is 19.6 Å². The molecule has 0 aliphatic carbocycles. The number of ether oxygens (including phenoxy) is 1. The largest absolute Gasteiger partial charge is 0.481 e. The van der Waals surface area contributed by atoms with Crippen LogP contribution < -0.4 is 0 Å². The molecule has 1 aliphatic heterocycles. The van der Waals surface area contributed by atoms with Crippen molar-refractivity contribution in [2.45, 2.75) is 46.1 Å². The number of hydrogen-bond acceptors (Lipinski definition) is 3. The molecule has 1 saturated heterocycles. The number of carbonyl (C=O) groups excluding carboxylic acids is 1. The average Bonchev–Trinajstić information content (AvgIpc) is 2.94. The van der Waals surface area contributed by atoms with Crippen LogP contribution in [0.25, 0.3) is 0 Å². The van der Waals surface area contributed by atoms with E-state index >= 15 is 0 Å². The highest BCUT2D eigenvalue weighted by Gasteiger charge is 2.40. The van der Waals surface area contributed by atoms with Crippen LogP contribution in [0.1, 0.15) is 40.0 Å². The van der Waals surface area contributed by atoms with Gasteiger partial charge in [-0.1, -0.05) is 20.3 Å². The minimum absolute atomic E-state index is 0.0606. The average molecular weight is 300 g/mol. The van der Waals surface area contributed by atoms with Gasteiger partial charge in [0.2, 0.25) is 0 Å². The topological polar surface area (TPSA) is 70.1 Å². The molecule has 6 heteroatoms. The summed E-state index contributed by atoms with van der Waals surface area (Å²) in [5, 5.41) is 9.29. The summed E-state index contributed by atoms with van der Waals surface area (Å²) < 4.78 is 5.31. The number of unbranched alkanes of at least 4 members (excludes halogenated alkanes) is 1. The SMILES string of the molecule is CCCCN(CC)C(=O)N(CCC)C1COCC1C(=O)O. The van der Waals surface area contributed by atoms with E-state index in [0.717, 1.165) is 25.8 Å². The van der Waals surface area contributed by atoms with E-state index in [4.69, 9.17) is 4.74 Å². The van der Waals surface area contributed by atoms with Gasteiger partial charge >= 0.3 is 12.0 Å². The molecular weight excluding hydrogens is 272 g/mol. The number of hydrogen-bond donors (Lipinski definition) is 1. The van der Waals surface area contributed by atoms with Crippen molar-refractivity contribution in [3.05, 3.63) is 0 Å². The van der Waals surface area contributed by atoms with Crippen LogP contribution in [0.5, 0.6) is 0 Å². The van der Waals surface area contributed by atoms with Crippen molar-refractivity contribution in [3.63, 3.8) is 0 Å². The van der Waals surface area contributed by atoms with Crippen LogP contribution in [-0.4, -0.2) is 65.8 Å². The zero-order chi connectivity index (χ0) is 15.8. The molecule has 0 bridgehead atoms. The predicted octanol–water partition coefficient (Wildman–Crippen LogP) is 2.04. The van der Waals surface area contributed by atoms with Gasteiger partial charge in [-0.05, 0) is 19.8 Å². The van der Waals surface area contributed by atoms with Crippen LogP contribution >= 0.6 is 0 Å². The summed E-state index contributed by atoms with van der Waals surface area (Å²) in [4.78, 5) is 27.6. The predicted molar refractivity (Wildman–Crippen MR) is 80.3 cm³/mol. The molecule has 0 spiro atoms. The summed E-state index contributed by atoms with van der Waals surface area (Å²) in [6, 6.07) is -0.417. The van der Waals surface area contributed by atoms with Gasteiger partial charge in [0.15, 0.2) is 0 Å². The minimum atomic E-state index is -0.886. The van der Waals surface area contributed by atoms with E-state index < -0.39 is 11.9 Å². The molecule has 0 aromatic carbocycles. The molecule has 2 unspecified atom stereocenters. The van der Waals surface area contributed by atoms with Gasteiger partial charge in [-0.25, -0.2) is 4.79 Å². The zero-order valence-electron chi connectivity index (χ0n) is 13.4. The van der Waals surface area contributed by atoms with Crippen molar-refractivity contribution >= 4 is 12.0 Å². The van der Waals surface area contributed by atoms with Crippen molar-refractivity contribution in [2.75, 3.05) is 32.8 Å². The van der Waals surface area contributed by atoms with E-state index in [1.807, 2.05) is 13.8 Å². The number of rotatable bonds is 8. The standard InChI is InChI=1S/C15H28N2O4/c1-4-7-9-16(6-3)15(20)17(8-5-2)13-11-21-10-12(13)14(18)19/h12-13H,4-11H2,1-3H3,(H,18,19). The summed E-state index contributed by atoms with van der Waals surface area (Å²) in [7, 11) is 0. The Bertz CT molecular complexity index is 349. The molecule has 1 N–H and O–H groups in total. The van der Waals surface area contributed by atoms with Crippen LogP contribution in [0.2, 0.25) is 0 Å². The maximum atomic E-state index is 12.7. The number of amides is 2. The first-order valence-electron chi connectivity index (χ1n) is 7.92. The molecule has 0 aromatic heterocycles. The molecule has 1 rings (SSSR count). The number of nitrogens with zero attached hydrogens (tertiary/aromatic N) is 2. The van der Waals surface area contributed by atoms with Crippen LogP contribution in [0, 0.1) is 5.92 Å². The van der Waals surface area contributed by atoms with Crippen LogP contribution in [0.15, 0.2) is 0 Å². The van der Waals surface area contributed by atoms with Gasteiger partial charge in [-0.15, -0.1) is 0 Å². The van der Waals surface area contributed by atoms with E-state index in [2.05, 4.69) is 6.92 Å². The monoisotopic (exact) mass is 300 g/mol. The van der Waals surface area contributed by atoms with Gasteiger partial charge in [0.25, 0.3) is 0 Å². The Balaban J connectivity index is 2.83. The van der Waals surface area contributed by atoms with E-state index in [1.165, 1.54) is 0 Å². The number of carboxylic acid groups (broad SMARTS) is 1. The molecule has 2 atom stereocenters. The summed E-state index contributed by atoms with van der Waals surface area (Å²) in [5.74, 6) is -1.51. The minimum Gasteiger partial charge on any atom is -0.481 e. The van der Waals surface area contributed by atoms with Crippen LogP contribution in [0.4, 0.5) is 4.79 Å². The third-order valence-electron chi connectivity index (χ3n) is 3.91. The second kappa shape index (κ2) is 8.87. The first kappa shape index (κ1) is 17.8. The maximum Gasteiger partial charge on any atom is 0.320 e. The lowest BCUT2D eigenvalue weighted by molar-refractivity contribution is -0.142. The fourth-order valence-corrected chi connectivity index (χ4v) is 2.65. The van der Waals surface area contributed by atoms with E-state index in [1.54, 1.807) is 9.80 Å². The number of aliphatic carboxylic acids is 1. The van der Waals surface area contributed by atoms with Gasteiger partial charge in [-0.3, -0.25) is 4.79 Å². The van der Waals surface area contributed by atoms with Crippen molar-refractivity contribution in [1.82, 2.24) is 9.80 Å². The normalized spacial score (nSPS) is 21.3. The Morgan fingerprint density at radius 3 is 2.38 bits per heavy atom. The highest BCUT2D eigenvalue weighted by Crippen LogP contribution is 2.22. The summed E-state index contributed by atoms with van der Waals surface area (Å²) in [6.07, 6.45) is 2.80.